The van der Waals surface area contributed by atoms with E-state index in [-0.39, 0.29) is 5.96 Å². The van der Waals surface area contributed by atoms with Crippen LogP contribution in [0.5, 0.6) is 11.5 Å². The number of methoxy groups -OCH3 is 2. The Balaban J connectivity index is 1.96. The summed E-state index contributed by atoms with van der Waals surface area (Å²) in [4.78, 5) is 4.14. The van der Waals surface area contributed by atoms with Gasteiger partial charge in [0.1, 0.15) is 11.6 Å². The van der Waals surface area contributed by atoms with E-state index in [4.69, 9.17) is 15.2 Å². The number of aliphatic imine (C=N–C) groups is 1. The first-order valence-electron chi connectivity index (χ1n) is 7.25. The molecule has 24 heavy (non-hydrogen) atoms. The van der Waals surface area contributed by atoms with Crippen LogP contribution in [0.2, 0.25) is 0 Å². The highest BCUT2D eigenvalue weighted by Gasteiger charge is 2.05. The maximum atomic E-state index is 13.1. The Morgan fingerprint density at radius 2 is 1.71 bits per heavy atom. The monoisotopic (exact) mass is 335 g/mol. The molecule has 5 nitrogen and oxygen atoms in total. The van der Waals surface area contributed by atoms with Crippen LogP contribution in [0.25, 0.3) is 0 Å². The number of guanidine groups is 1. The fourth-order valence-electron chi connectivity index (χ4n) is 2.16. The van der Waals surface area contributed by atoms with Gasteiger partial charge in [-0.3, -0.25) is 4.99 Å². The van der Waals surface area contributed by atoms with Crippen LogP contribution >= 0.6 is 0 Å². The predicted octanol–water partition coefficient (Wildman–Crippen LogP) is 2.95. The van der Waals surface area contributed by atoms with Crippen molar-refractivity contribution in [2.45, 2.75) is 6.42 Å². The summed E-state index contributed by atoms with van der Waals surface area (Å²) in [5.74, 6) is 0.145. The van der Waals surface area contributed by atoms with Crippen molar-refractivity contribution in [1.29, 1.82) is 0 Å². The molecule has 0 atom stereocenters. The number of hydrogen-bond donors (Lipinski definition) is 2. The normalized spacial score (nSPS) is 11.2. The molecule has 0 aliphatic carbocycles. The second-order valence-electron chi connectivity index (χ2n) is 4.99. The average Bonchev–Trinajstić information content (AvgIpc) is 2.53. The quantitative estimate of drug-likeness (QED) is 0.629. The van der Waals surface area contributed by atoms with E-state index in [2.05, 4.69) is 10.3 Å². The molecule has 0 bridgehead atoms. The summed E-state index contributed by atoms with van der Waals surface area (Å²) in [5, 5.41) is 2.92. The van der Waals surface area contributed by atoms with Crippen LogP contribution in [-0.2, 0) is 6.42 Å². The van der Waals surface area contributed by atoms with Crippen molar-refractivity contribution in [3.63, 3.8) is 0 Å². The lowest BCUT2D eigenvalue weighted by atomic mass is 10.1. The van der Waals surface area contributed by atoms with Gasteiger partial charge in [0.2, 0.25) is 0 Å². The molecular weight excluding hydrogens is 316 g/mol. The number of nitrogens with two attached hydrogens (primary N) is 1. The summed E-state index contributed by atoms with van der Waals surface area (Å²) in [7, 11) is 3.09. The van der Waals surface area contributed by atoms with Crippen LogP contribution < -0.4 is 20.5 Å². The standard InChI is InChI=1S/C17H19F2N3O2/c1-23-15-4-3-14(10-16(15)24-2)22-17(20)21-6-5-11-7-12(18)9-13(19)8-11/h3-4,7-10H,5-6H2,1-2H3,(H3,20,21,22). The fourth-order valence-corrected chi connectivity index (χ4v) is 2.16. The van der Waals surface area contributed by atoms with Gasteiger partial charge in [-0.2, -0.15) is 0 Å². The minimum Gasteiger partial charge on any atom is -0.493 e. The zero-order valence-electron chi connectivity index (χ0n) is 13.5. The maximum absolute atomic E-state index is 13.1. The SMILES string of the molecule is COc1ccc(NC(N)=NCCc2cc(F)cc(F)c2)cc1OC. The number of benzene rings is 2. The minimum atomic E-state index is -0.606. The minimum absolute atomic E-state index is 0.194. The van der Waals surface area contributed by atoms with Gasteiger partial charge >= 0.3 is 0 Å². The van der Waals surface area contributed by atoms with Crippen molar-refractivity contribution in [3.8, 4) is 11.5 Å². The lowest BCUT2D eigenvalue weighted by Crippen LogP contribution is -2.23. The molecule has 0 spiro atoms. The summed E-state index contributed by atoms with van der Waals surface area (Å²) in [6, 6.07) is 8.62. The first-order valence-corrected chi connectivity index (χ1v) is 7.25. The van der Waals surface area contributed by atoms with Crippen LogP contribution in [0.15, 0.2) is 41.4 Å². The number of rotatable bonds is 6. The molecular formula is C17H19F2N3O2. The molecule has 7 heteroatoms. The second kappa shape index (κ2) is 8.14. The highest BCUT2D eigenvalue weighted by Crippen LogP contribution is 2.29. The van der Waals surface area contributed by atoms with Gasteiger partial charge < -0.3 is 20.5 Å². The van der Waals surface area contributed by atoms with Crippen LogP contribution in [0.1, 0.15) is 5.56 Å². The fraction of sp³-hybridized carbons (Fsp3) is 0.235. The molecule has 128 valence electrons. The number of halogens is 2. The van der Waals surface area contributed by atoms with E-state index < -0.39 is 11.6 Å². The highest BCUT2D eigenvalue weighted by molar-refractivity contribution is 5.92. The van der Waals surface area contributed by atoms with Crippen LogP contribution in [0.3, 0.4) is 0 Å². The van der Waals surface area contributed by atoms with Crippen molar-refractivity contribution in [1.82, 2.24) is 0 Å². The first-order chi connectivity index (χ1) is 11.5. The Bertz CT molecular complexity index is 716. The van der Waals surface area contributed by atoms with Gasteiger partial charge in [0, 0.05) is 24.4 Å². The third-order valence-electron chi connectivity index (χ3n) is 3.26. The summed E-state index contributed by atoms with van der Waals surface area (Å²) in [5.41, 5.74) is 7.02. The largest absolute Gasteiger partial charge is 0.493 e. The molecule has 0 fully saturated rings. The summed E-state index contributed by atoms with van der Waals surface area (Å²) in [6.07, 6.45) is 0.378. The molecule has 2 aromatic carbocycles. The Hall–Kier alpha value is -2.83. The van der Waals surface area contributed by atoms with Gasteiger partial charge in [-0.1, -0.05) is 0 Å². The Morgan fingerprint density at radius 1 is 1.04 bits per heavy atom. The number of anilines is 1. The molecule has 0 saturated heterocycles. The zero-order valence-corrected chi connectivity index (χ0v) is 13.5. The molecule has 0 amide bonds. The first kappa shape index (κ1) is 17.5. The zero-order chi connectivity index (χ0) is 17.5. The lowest BCUT2D eigenvalue weighted by Gasteiger charge is -2.11. The van der Waals surface area contributed by atoms with E-state index in [1.165, 1.54) is 19.2 Å². The molecule has 0 aromatic heterocycles. The van der Waals surface area contributed by atoms with Gasteiger partial charge in [-0.25, -0.2) is 8.78 Å². The summed E-state index contributed by atoms with van der Waals surface area (Å²) in [6.45, 7) is 0.301. The number of ether oxygens (including phenoxy) is 2. The number of nitrogens with zero attached hydrogens (tertiary/aromatic N) is 1. The van der Waals surface area contributed by atoms with Crippen molar-refractivity contribution in [2.24, 2.45) is 10.7 Å². The molecule has 0 radical (unpaired) electrons. The third-order valence-corrected chi connectivity index (χ3v) is 3.26. The molecule has 0 aliphatic rings. The van der Waals surface area contributed by atoms with Crippen molar-refractivity contribution in [2.75, 3.05) is 26.1 Å². The van der Waals surface area contributed by atoms with E-state index in [9.17, 15) is 8.78 Å². The smallest absolute Gasteiger partial charge is 0.193 e. The van der Waals surface area contributed by atoms with E-state index >= 15 is 0 Å². The van der Waals surface area contributed by atoms with E-state index in [0.29, 0.717) is 35.7 Å². The van der Waals surface area contributed by atoms with Crippen molar-refractivity contribution >= 4 is 11.6 Å². The third kappa shape index (κ3) is 4.84. The lowest BCUT2D eigenvalue weighted by molar-refractivity contribution is 0.355. The van der Waals surface area contributed by atoms with Gasteiger partial charge in [0.25, 0.3) is 0 Å². The molecule has 0 heterocycles. The van der Waals surface area contributed by atoms with Gasteiger partial charge in [0.05, 0.1) is 14.2 Å². The Labute approximate surface area is 139 Å². The van der Waals surface area contributed by atoms with Crippen LogP contribution in [0, 0.1) is 11.6 Å². The summed E-state index contributed by atoms with van der Waals surface area (Å²) >= 11 is 0. The van der Waals surface area contributed by atoms with Gasteiger partial charge in [-0.05, 0) is 36.2 Å². The second-order valence-corrected chi connectivity index (χ2v) is 4.99. The van der Waals surface area contributed by atoms with E-state index in [1.807, 2.05) is 0 Å². The number of hydrogen-bond acceptors (Lipinski definition) is 3. The maximum Gasteiger partial charge on any atom is 0.193 e. The van der Waals surface area contributed by atoms with Crippen molar-refractivity contribution < 1.29 is 18.3 Å². The van der Waals surface area contributed by atoms with Crippen LogP contribution in [0.4, 0.5) is 14.5 Å². The molecule has 0 aliphatic heterocycles. The van der Waals surface area contributed by atoms with E-state index in [0.717, 1.165) is 6.07 Å². The Kier molecular flexibility index (Phi) is 5.95. The Morgan fingerprint density at radius 3 is 2.33 bits per heavy atom. The van der Waals surface area contributed by atoms with Gasteiger partial charge in [0.15, 0.2) is 17.5 Å². The molecule has 0 saturated carbocycles. The molecule has 3 N–H and O–H groups in total. The highest BCUT2D eigenvalue weighted by atomic mass is 19.1. The topological polar surface area (TPSA) is 68.9 Å². The average molecular weight is 335 g/mol. The summed E-state index contributed by atoms with van der Waals surface area (Å²) < 4.78 is 36.6. The van der Waals surface area contributed by atoms with Crippen molar-refractivity contribution in [3.05, 3.63) is 53.6 Å². The van der Waals surface area contributed by atoms with Crippen LogP contribution in [-0.4, -0.2) is 26.7 Å². The molecule has 0 unspecified atom stereocenters. The van der Waals surface area contributed by atoms with E-state index in [1.54, 1.807) is 25.3 Å². The molecule has 2 aromatic rings. The number of nitrogens with one attached hydrogen (secondary N) is 1. The molecule has 2 rings (SSSR count). The predicted molar refractivity (Wildman–Crippen MR) is 89.7 cm³/mol. The van der Waals surface area contributed by atoms with Gasteiger partial charge in [-0.15, -0.1) is 0 Å².